The third kappa shape index (κ3) is 4.52. The fourth-order valence-corrected chi connectivity index (χ4v) is 3.11. The molecule has 6 nitrogen and oxygen atoms in total. The molecule has 0 spiro atoms. The van der Waals surface area contributed by atoms with Crippen LogP contribution < -0.4 is 20.3 Å². The molecule has 0 aliphatic carbocycles. The molecule has 1 amide bonds. The molecule has 0 aliphatic rings. The van der Waals surface area contributed by atoms with Crippen molar-refractivity contribution in [2.24, 2.45) is 0 Å². The standard InChI is InChI=1S/C22H24N2O4/c1-14-10-17-11-15(4-6-18(17)24-22(14)26)8-9-23-21(25)13-16-5-7-19(27-2)20(12-16)28-3/h4-7,10-12H,8-9,13H2,1-3H3,(H,23,25)(H,24,26). The molecule has 146 valence electrons. The average molecular weight is 380 g/mol. The Hall–Kier alpha value is -3.28. The van der Waals surface area contributed by atoms with Gasteiger partial charge in [0, 0.05) is 17.6 Å². The number of aromatic nitrogens is 1. The normalized spacial score (nSPS) is 10.7. The molecule has 3 aromatic rings. The molecule has 0 atom stereocenters. The van der Waals surface area contributed by atoms with E-state index in [1.54, 1.807) is 27.2 Å². The summed E-state index contributed by atoms with van der Waals surface area (Å²) >= 11 is 0. The van der Waals surface area contributed by atoms with Crippen molar-refractivity contribution >= 4 is 16.8 Å². The lowest BCUT2D eigenvalue weighted by Gasteiger charge is -2.10. The van der Waals surface area contributed by atoms with Crippen LogP contribution >= 0.6 is 0 Å². The quantitative estimate of drug-likeness (QED) is 0.660. The Kier molecular flexibility index (Phi) is 5.99. The maximum Gasteiger partial charge on any atom is 0.251 e. The van der Waals surface area contributed by atoms with E-state index in [1.165, 1.54) is 0 Å². The van der Waals surface area contributed by atoms with Crippen molar-refractivity contribution in [2.75, 3.05) is 20.8 Å². The summed E-state index contributed by atoms with van der Waals surface area (Å²) in [6.45, 7) is 2.33. The predicted octanol–water partition coefficient (Wildman–Crippen LogP) is 2.76. The highest BCUT2D eigenvalue weighted by Crippen LogP contribution is 2.27. The van der Waals surface area contributed by atoms with E-state index in [9.17, 15) is 9.59 Å². The smallest absolute Gasteiger partial charge is 0.251 e. The molecular weight excluding hydrogens is 356 g/mol. The molecule has 28 heavy (non-hydrogen) atoms. The monoisotopic (exact) mass is 380 g/mol. The second kappa shape index (κ2) is 8.61. The number of carbonyl (C=O) groups is 1. The van der Waals surface area contributed by atoms with Crippen LogP contribution in [0.3, 0.4) is 0 Å². The summed E-state index contributed by atoms with van der Waals surface area (Å²) in [5.74, 6) is 1.20. The first kappa shape index (κ1) is 19.5. The number of nitrogens with one attached hydrogen (secondary N) is 2. The second-order valence-corrected chi connectivity index (χ2v) is 6.67. The van der Waals surface area contributed by atoms with Gasteiger partial charge in [-0.1, -0.05) is 12.1 Å². The van der Waals surface area contributed by atoms with Gasteiger partial charge in [-0.3, -0.25) is 9.59 Å². The van der Waals surface area contributed by atoms with Gasteiger partial charge in [0.1, 0.15) is 0 Å². The van der Waals surface area contributed by atoms with Crippen LogP contribution in [0.25, 0.3) is 10.9 Å². The Morgan fingerprint density at radius 3 is 2.50 bits per heavy atom. The Balaban J connectivity index is 1.57. The molecule has 2 N–H and O–H groups in total. The van der Waals surface area contributed by atoms with Gasteiger partial charge in [-0.05, 0) is 60.2 Å². The third-order valence-electron chi connectivity index (χ3n) is 4.64. The van der Waals surface area contributed by atoms with Gasteiger partial charge >= 0.3 is 0 Å². The number of pyridine rings is 1. The van der Waals surface area contributed by atoms with Crippen molar-refractivity contribution in [3.63, 3.8) is 0 Å². The van der Waals surface area contributed by atoms with E-state index in [-0.39, 0.29) is 17.9 Å². The summed E-state index contributed by atoms with van der Waals surface area (Å²) in [5, 5.41) is 3.94. The van der Waals surface area contributed by atoms with E-state index in [4.69, 9.17) is 9.47 Å². The number of H-pyrrole nitrogens is 1. The maximum atomic E-state index is 12.2. The molecule has 0 fully saturated rings. The SMILES string of the molecule is COc1ccc(CC(=O)NCCc2ccc3[nH]c(=O)c(C)cc3c2)cc1OC. The van der Waals surface area contributed by atoms with Crippen molar-refractivity contribution < 1.29 is 14.3 Å². The van der Waals surface area contributed by atoms with E-state index < -0.39 is 0 Å². The van der Waals surface area contributed by atoms with Crippen LogP contribution in [0.1, 0.15) is 16.7 Å². The highest BCUT2D eigenvalue weighted by molar-refractivity contribution is 5.80. The van der Waals surface area contributed by atoms with Crippen LogP contribution in [0.2, 0.25) is 0 Å². The Labute approximate surface area is 163 Å². The van der Waals surface area contributed by atoms with Crippen molar-refractivity contribution in [3.8, 4) is 11.5 Å². The van der Waals surface area contributed by atoms with E-state index in [2.05, 4.69) is 10.3 Å². The first-order valence-corrected chi connectivity index (χ1v) is 9.10. The Morgan fingerprint density at radius 2 is 1.75 bits per heavy atom. The molecule has 0 unspecified atom stereocenters. The number of carbonyl (C=O) groups excluding carboxylic acids is 1. The molecule has 2 aromatic carbocycles. The third-order valence-corrected chi connectivity index (χ3v) is 4.64. The van der Waals surface area contributed by atoms with Crippen molar-refractivity contribution in [1.82, 2.24) is 10.3 Å². The average Bonchev–Trinajstić information content (AvgIpc) is 2.69. The van der Waals surface area contributed by atoms with Crippen LogP contribution in [0, 0.1) is 6.92 Å². The summed E-state index contributed by atoms with van der Waals surface area (Å²) in [4.78, 5) is 26.8. The first-order valence-electron chi connectivity index (χ1n) is 9.10. The first-order chi connectivity index (χ1) is 13.5. The lowest BCUT2D eigenvalue weighted by Crippen LogP contribution is -2.27. The van der Waals surface area contributed by atoms with Crippen LogP contribution in [0.4, 0.5) is 0 Å². The van der Waals surface area contributed by atoms with Gasteiger partial charge in [0.2, 0.25) is 5.91 Å². The predicted molar refractivity (Wildman–Crippen MR) is 109 cm³/mol. The molecule has 6 heteroatoms. The number of hydrogen-bond donors (Lipinski definition) is 2. The second-order valence-electron chi connectivity index (χ2n) is 6.67. The van der Waals surface area contributed by atoms with Crippen molar-refractivity contribution in [3.05, 3.63) is 69.5 Å². The highest BCUT2D eigenvalue weighted by Gasteiger charge is 2.08. The van der Waals surface area contributed by atoms with E-state index in [0.717, 1.165) is 22.0 Å². The Morgan fingerprint density at radius 1 is 1.00 bits per heavy atom. The summed E-state index contributed by atoms with van der Waals surface area (Å²) < 4.78 is 10.5. The zero-order valence-corrected chi connectivity index (χ0v) is 16.3. The zero-order chi connectivity index (χ0) is 20.1. The van der Waals surface area contributed by atoms with Gasteiger partial charge in [0.05, 0.1) is 20.6 Å². The summed E-state index contributed by atoms with van der Waals surface area (Å²) in [6, 6.07) is 13.2. The summed E-state index contributed by atoms with van der Waals surface area (Å²) in [5.41, 5.74) is 3.40. The van der Waals surface area contributed by atoms with Crippen molar-refractivity contribution in [1.29, 1.82) is 0 Å². The fraction of sp³-hybridized carbons (Fsp3) is 0.273. The molecule has 3 rings (SSSR count). The number of fused-ring (bicyclic) bond motifs is 1. The van der Waals surface area contributed by atoms with E-state index in [1.807, 2.05) is 36.4 Å². The molecular formula is C22H24N2O4. The van der Waals surface area contributed by atoms with Gasteiger partial charge in [0.15, 0.2) is 11.5 Å². The topological polar surface area (TPSA) is 80.4 Å². The van der Waals surface area contributed by atoms with Crippen LogP contribution in [0.15, 0.2) is 47.3 Å². The number of amides is 1. The van der Waals surface area contributed by atoms with E-state index >= 15 is 0 Å². The minimum Gasteiger partial charge on any atom is -0.493 e. The minimum absolute atomic E-state index is 0.0480. The van der Waals surface area contributed by atoms with Gasteiger partial charge < -0.3 is 19.8 Å². The number of aryl methyl sites for hydroxylation is 1. The fourth-order valence-electron chi connectivity index (χ4n) is 3.11. The van der Waals surface area contributed by atoms with Gasteiger partial charge in [-0.25, -0.2) is 0 Å². The number of methoxy groups -OCH3 is 2. The molecule has 0 saturated carbocycles. The maximum absolute atomic E-state index is 12.2. The summed E-state index contributed by atoms with van der Waals surface area (Å²) in [6.07, 6.45) is 0.990. The number of hydrogen-bond acceptors (Lipinski definition) is 4. The van der Waals surface area contributed by atoms with Gasteiger partial charge in [-0.15, -0.1) is 0 Å². The number of benzene rings is 2. The molecule has 0 radical (unpaired) electrons. The lowest BCUT2D eigenvalue weighted by molar-refractivity contribution is -0.120. The minimum atomic E-state index is -0.0670. The number of ether oxygens (including phenoxy) is 2. The van der Waals surface area contributed by atoms with Crippen LogP contribution in [-0.2, 0) is 17.6 Å². The van der Waals surface area contributed by atoms with Gasteiger partial charge in [-0.2, -0.15) is 0 Å². The largest absolute Gasteiger partial charge is 0.493 e. The summed E-state index contributed by atoms with van der Waals surface area (Å²) in [7, 11) is 3.15. The zero-order valence-electron chi connectivity index (χ0n) is 16.3. The number of rotatable bonds is 7. The van der Waals surface area contributed by atoms with Gasteiger partial charge in [0.25, 0.3) is 5.56 Å². The van der Waals surface area contributed by atoms with Crippen LogP contribution in [0.5, 0.6) is 11.5 Å². The Bertz CT molecular complexity index is 1060. The lowest BCUT2D eigenvalue weighted by atomic mass is 10.1. The van der Waals surface area contributed by atoms with Crippen molar-refractivity contribution in [2.45, 2.75) is 19.8 Å². The molecule has 1 heterocycles. The van der Waals surface area contributed by atoms with E-state index in [0.29, 0.717) is 30.0 Å². The molecule has 0 saturated heterocycles. The molecule has 0 bridgehead atoms. The number of aromatic amines is 1. The van der Waals surface area contributed by atoms with Crippen LogP contribution in [-0.4, -0.2) is 31.7 Å². The highest BCUT2D eigenvalue weighted by atomic mass is 16.5. The molecule has 0 aliphatic heterocycles. The molecule has 1 aromatic heterocycles.